The van der Waals surface area contributed by atoms with Crippen molar-refractivity contribution in [2.75, 3.05) is 40.3 Å². The largest absolute Gasteiger partial charge is 0.466 e. The van der Waals surface area contributed by atoms with Gasteiger partial charge in [-0.05, 0) is 39.2 Å². The number of hydrogen-bond donors (Lipinski definition) is 0. The lowest BCUT2D eigenvalue weighted by Gasteiger charge is -2.24. The first kappa shape index (κ1) is 19.7. The molecule has 0 aromatic heterocycles. The summed E-state index contributed by atoms with van der Waals surface area (Å²) in [6, 6.07) is 4.76. The zero-order valence-corrected chi connectivity index (χ0v) is 15.2. The fourth-order valence-corrected chi connectivity index (χ4v) is 2.20. The van der Waals surface area contributed by atoms with Gasteiger partial charge in [-0.1, -0.05) is 23.2 Å². The van der Waals surface area contributed by atoms with Gasteiger partial charge in [-0.2, -0.15) is 0 Å². The minimum atomic E-state index is -0.315. The number of halogens is 2. The fourth-order valence-electron chi connectivity index (χ4n) is 1.91. The summed E-state index contributed by atoms with van der Waals surface area (Å²) >= 11 is 11.9. The average molecular weight is 361 g/mol. The van der Waals surface area contributed by atoms with Gasteiger partial charge in [0, 0.05) is 25.2 Å². The summed E-state index contributed by atoms with van der Waals surface area (Å²) in [7, 11) is 3.85. The van der Waals surface area contributed by atoms with Gasteiger partial charge in [-0.15, -0.1) is 0 Å². The van der Waals surface area contributed by atoms with Gasteiger partial charge < -0.3 is 14.5 Å². The van der Waals surface area contributed by atoms with Gasteiger partial charge in [-0.3, -0.25) is 9.59 Å². The zero-order chi connectivity index (χ0) is 17.4. The molecule has 0 unspecified atom stereocenters. The van der Waals surface area contributed by atoms with Crippen molar-refractivity contribution in [1.82, 2.24) is 9.80 Å². The van der Waals surface area contributed by atoms with Gasteiger partial charge in [0.05, 0.1) is 23.1 Å². The number of carbonyl (C=O) groups is 2. The summed E-state index contributed by atoms with van der Waals surface area (Å²) in [5, 5.41) is 0.727. The Morgan fingerprint density at radius 1 is 1.09 bits per heavy atom. The molecule has 1 amide bonds. The number of esters is 1. The highest BCUT2D eigenvalue weighted by molar-refractivity contribution is 6.42. The maximum absolute atomic E-state index is 12.6. The van der Waals surface area contributed by atoms with Crippen LogP contribution in [-0.2, 0) is 9.53 Å². The number of benzene rings is 1. The molecule has 1 rings (SSSR count). The van der Waals surface area contributed by atoms with Crippen molar-refractivity contribution < 1.29 is 14.3 Å². The van der Waals surface area contributed by atoms with Crippen LogP contribution in [0, 0.1) is 0 Å². The van der Waals surface area contributed by atoms with Crippen molar-refractivity contribution in [2.45, 2.75) is 13.3 Å². The summed E-state index contributed by atoms with van der Waals surface area (Å²) in [6.07, 6.45) is 0.161. The van der Waals surface area contributed by atoms with Crippen molar-refractivity contribution in [1.29, 1.82) is 0 Å². The molecule has 0 fully saturated rings. The van der Waals surface area contributed by atoms with E-state index in [0.717, 1.165) is 0 Å². The summed E-state index contributed by atoms with van der Waals surface area (Å²) in [5.41, 5.74) is 0.446. The Kier molecular flexibility index (Phi) is 8.37. The van der Waals surface area contributed by atoms with Crippen molar-refractivity contribution in [2.24, 2.45) is 0 Å². The van der Waals surface area contributed by atoms with Crippen LogP contribution in [0.3, 0.4) is 0 Å². The van der Waals surface area contributed by atoms with Gasteiger partial charge in [0.25, 0.3) is 5.91 Å². The minimum absolute atomic E-state index is 0.161. The molecule has 23 heavy (non-hydrogen) atoms. The monoisotopic (exact) mass is 360 g/mol. The molecule has 0 saturated heterocycles. The third kappa shape index (κ3) is 6.77. The normalized spacial score (nSPS) is 10.7. The molecule has 0 heterocycles. The average Bonchev–Trinajstić information content (AvgIpc) is 2.49. The summed E-state index contributed by atoms with van der Waals surface area (Å²) in [4.78, 5) is 27.8. The van der Waals surface area contributed by atoms with Crippen LogP contribution in [-0.4, -0.2) is 62.0 Å². The van der Waals surface area contributed by atoms with E-state index in [0.29, 0.717) is 41.8 Å². The molecule has 0 spiro atoms. The van der Waals surface area contributed by atoms with Gasteiger partial charge in [0.2, 0.25) is 0 Å². The van der Waals surface area contributed by atoms with Crippen LogP contribution in [0.4, 0.5) is 0 Å². The number of hydrogen-bond acceptors (Lipinski definition) is 4. The molecule has 5 nitrogen and oxygen atoms in total. The van der Waals surface area contributed by atoms with E-state index in [4.69, 9.17) is 27.9 Å². The lowest BCUT2D eigenvalue weighted by Crippen LogP contribution is -2.38. The van der Waals surface area contributed by atoms with E-state index in [1.807, 2.05) is 19.0 Å². The number of nitrogens with zero attached hydrogens (tertiary/aromatic N) is 2. The van der Waals surface area contributed by atoms with Crippen LogP contribution < -0.4 is 0 Å². The van der Waals surface area contributed by atoms with Gasteiger partial charge in [-0.25, -0.2) is 0 Å². The molecule has 0 saturated carbocycles. The molecule has 1 aromatic carbocycles. The molecule has 0 aliphatic rings. The molecule has 0 aliphatic carbocycles. The Morgan fingerprint density at radius 2 is 1.78 bits per heavy atom. The first-order valence-corrected chi connectivity index (χ1v) is 8.15. The second kappa shape index (κ2) is 9.75. The highest BCUT2D eigenvalue weighted by Crippen LogP contribution is 2.23. The van der Waals surface area contributed by atoms with E-state index in [1.54, 1.807) is 30.0 Å². The Balaban J connectivity index is 2.81. The molecule has 0 N–H and O–H groups in total. The number of ether oxygens (including phenoxy) is 1. The number of rotatable bonds is 8. The highest BCUT2D eigenvalue weighted by Gasteiger charge is 2.18. The molecule has 7 heteroatoms. The van der Waals surface area contributed by atoms with Gasteiger partial charge in [0.15, 0.2) is 0 Å². The van der Waals surface area contributed by atoms with E-state index in [2.05, 4.69) is 0 Å². The molecule has 0 aliphatic heterocycles. The van der Waals surface area contributed by atoms with Crippen molar-refractivity contribution in [3.8, 4) is 0 Å². The van der Waals surface area contributed by atoms with Crippen LogP contribution in [0.25, 0.3) is 0 Å². The lowest BCUT2D eigenvalue weighted by atomic mass is 10.2. The SMILES string of the molecule is CCOC(=O)CCN(CCN(C)C)C(=O)c1ccc(Cl)c(Cl)c1. The molecule has 0 atom stereocenters. The number of likely N-dealkylation sites (N-methyl/N-ethyl adjacent to an activating group) is 1. The standard InChI is InChI=1S/C16H22Cl2N2O3/c1-4-23-15(21)7-8-20(10-9-19(2)3)16(22)12-5-6-13(17)14(18)11-12/h5-6,11H,4,7-10H2,1-3H3. The van der Waals surface area contributed by atoms with E-state index in [9.17, 15) is 9.59 Å². The third-order valence-electron chi connectivity index (χ3n) is 3.16. The van der Waals surface area contributed by atoms with Crippen molar-refractivity contribution in [3.05, 3.63) is 33.8 Å². The Hall–Kier alpha value is -1.30. The minimum Gasteiger partial charge on any atom is -0.466 e. The van der Waals surface area contributed by atoms with Crippen LogP contribution in [0.15, 0.2) is 18.2 Å². The van der Waals surface area contributed by atoms with Crippen LogP contribution in [0.2, 0.25) is 10.0 Å². The quantitative estimate of drug-likeness (QED) is 0.668. The summed E-state index contributed by atoms with van der Waals surface area (Å²) in [5.74, 6) is -0.501. The van der Waals surface area contributed by atoms with E-state index < -0.39 is 0 Å². The molecule has 1 aromatic rings. The molecular formula is C16H22Cl2N2O3. The van der Waals surface area contributed by atoms with Crippen molar-refractivity contribution in [3.63, 3.8) is 0 Å². The van der Waals surface area contributed by atoms with Crippen LogP contribution in [0.5, 0.6) is 0 Å². The lowest BCUT2D eigenvalue weighted by molar-refractivity contribution is -0.143. The number of carbonyl (C=O) groups excluding carboxylic acids is 2. The summed E-state index contributed by atoms with van der Waals surface area (Å²) < 4.78 is 4.91. The van der Waals surface area contributed by atoms with Gasteiger partial charge >= 0.3 is 5.97 Å². The second-order valence-electron chi connectivity index (χ2n) is 5.28. The maximum Gasteiger partial charge on any atom is 0.307 e. The first-order chi connectivity index (χ1) is 10.8. The van der Waals surface area contributed by atoms with E-state index in [-0.39, 0.29) is 18.3 Å². The fraction of sp³-hybridized carbons (Fsp3) is 0.500. The number of amides is 1. The topological polar surface area (TPSA) is 49.9 Å². The molecule has 128 valence electrons. The smallest absolute Gasteiger partial charge is 0.307 e. The molecule has 0 bridgehead atoms. The Morgan fingerprint density at radius 3 is 2.35 bits per heavy atom. The first-order valence-electron chi connectivity index (χ1n) is 7.39. The zero-order valence-electron chi connectivity index (χ0n) is 13.6. The van der Waals surface area contributed by atoms with E-state index >= 15 is 0 Å². The Labute approximate surface area is 147 Å². The van der Waals surface area contributed by atoms with Crippen molar-refractivity contribution >= 4 is 35.1 Å². The highest BCUT2D eigenvalue weighted by atomic mass is 35.5. The second-order valence-corrected chi connectivity index (χ2v) is 6.09. The third-order valence-corrected chi connectivity index (χ3v) is 3.90. The maximum atomic E-state index is 12.6. The Bertz CT molecular complexity index is 550. The predicted molar refractivity (Wildman–Crippen MR) is 92.2 cm³/mol. The van der Waals surface area contributed by atoms with Crippen LogP contribution in [0.1, 0.15) is 23.7 Å². The van der Waals surface area contributed by atoms with Crippen LogP contribution >= 0.6 is 23.2 Å². The molecular weight excluding hydrogens is 339 g/mol. The predicted octanol–water partition coefficient (Wildman–Crippen LogP) is 2.95. The van der Waals surface area contributed by atoms with Gasteiger partial charge in [0.1, 0.15) is 0 Å². The van der Waals surface area contributed by atoms with E-state index in [1.165, 1.54) is 0 Å². The molecule has 0 radical (unpaired) electrons. The summed E-state index contributed by atoms with van der Waals surface area (Å²) in [6.45, 7) is 3.58.